The average Bonchev–Trinajstić information content (AvgIpc) is 3.34. The van der Waals surface area contributed by atoms with Crippen LogP contribution < -0.4 is 5.32 Å². The predicted octanol–water partition coefficient (Wildman–Crippen LogP) is 1.30. The van der Waals surface area contributed by atoms with Crippen molar-refractivity contribution in [1.29, 1.82) is 0 Å². The molecule has 4 heterocycles. The zero-order chi connectivity index (χ0) is 17.9. The molecule has 1 atom stereocenters. The summed E-state index contributed by atoms with van der Waals surface area (Å²) in [5.41, 5.74) is 1.31. The van der Waals surface area contributed by atoms with Crippen molar-refractivity contribution >= 4 is 5.96 Å². The molecule has 2 aliphatic rings. The molecule has 0 saturated carbocycles. The number of nitrogens with zero attached hydrogens (tertiary/aromatic N) is 7. The van der Waals surface area contributed by atoms with Crippen LogP contribution in [0.15, 0.2) is 17.4 Å². The summed E-state index contributed by atoms with van der Waals surface area (Å²) in [5.74, 6) is 3.62. The van der Waals surface area contributed by atoms with Gasteiger partial charge in [-0.1, -0.05) is 6.42 Å². The maximum Gasteiger partial charge on any atom is 0.194 e. The third kappa shape index (κ3) is 3.45. The van der Waals surface area contributed by atoms with Crippen molar-refractivity contribution in [1.82, 2.24) is 34.8 Å². The molecule has 1 saturated heterocycles. The van der Waals surface area contributed by atoms with E-state index in [9.17, 15) is 0 Å². The van der Waals surface area contributed by atoms with Gasteiger partial charge in [-0.15, -0.1) is 10.2 Å². The number of hydrogen-bond donors (Lipinski definition) is 1. The Morgan fingerprint density at radius 3 is 3.00 bits per heavy atom. The van der Waals surface area contributed by atoms with Crippen molar-refractivity contribution in [3.8, 4) is 0 Å². The number of aromatic nitrogens is 5. The zero-order valence-electron chi connectivity index (χ0n) is 15.7. The van der Waals surface area contributed by atoms with Gasteiger partial charge in [-0.05, 0) is 24.8 Å². The third-order valence-electron chi connectivity index (χ3n) is 5.49. The fourth-order valence-corrected chi connectivity index (χ4v) is 4.04. The Kier molecular flexibility index (Phi) is 4.90. The van der Waals surface area contributed by atoms with E-state index in [2.05, 4.69) is 41.3 Å². The third-order valence-corrected chi connectivity index (χ3v) is 5.49. The molecule has 0 radical (unpaired) electrons. The van der Waals surface area contributed by atoms with Gasteiger partial charge in [0.1, 0.15) is 5.82 Å². The molecule has 1 unspecified atom stereocenters. The van der Waals surface area contributed by atoms with Gasteiger partial charge in [0.2, 0.25) is 0 Å². The lowest BCUT2D eigenvalue weighted by Gasteiger charge is -2.21. The zero-order valence-corrected chi connectivity index (χ0v) is 15.7. The molecule has 0 aromatic carbocycles. The fourth-order valence-electron chi connectivity index (χ4n) is 4.04. The molecule has 0 spiro atoms. The summed E-state index contributed by atoms with van der Waals surface area (Å²) in [5, 5.41) is 16.6. The number of nitrogens with one attached hydrogen (secondary N) is 1. The maximum absolute atomic E-state index is 4.49. The summed E-state index contributed by atoms with van der Waals surface area (Å²) in [6.07, 6.45) is 9.99. The molecule has 1 fully saturated rings. The normalized spacial score (nSPS) is 20.9. The topological polar surface area (TPSA) is 76.2 Å². The summed E-state index contributed by atoms with van der Waals surface area (Å²) < 4.78 is 4.16. The maximum atomic E-state index is 4.49. The Morgan fingerprint density at radius 1 is 1.27 bits per heavy atom. The average molecular weight is 356 g/mol. The minimum absolute atomic E-state index is 0.520. The highest BCUT2D eigenvalue weighted by molar-refractivity contribution is 5.80. The molecule has 0 amide bonds. The Balaban J connectivity index is 1.38. The van der Waals surface area contributed by atoms with Crippen molar-refractivity contribution in [2.75, 3.05) is 20.1 Å². The van der Waals surface area contributed by atoms with Crippen LogP contribution in [0.5, 0.6) is 0 Å². The van der Waals surface area contributed by atoms with E-state index in [-0.39, 0.29) is 0 Å². The van der Waals surface area contributed by atoms with Crippen molar-refractivity contribution in [3.05, 3.63) is 29.6 Å². The van der Waals surface area contributed by atoms with Crippen LogP contribution in [-0.2, 0) is 26.6 Å². The molecule has 8 nitrogen and oxygen atoms in total. The number of aliphatic imine (C=N–C) groups is 1. The highest BCUT2D eigenvalue weighted by atomic mass is 15.3. The Hall–Kier alpha value is -2.38. The first-order chi connectivity index (χ1) is 12.7. The molecule has 8 heteroatoms. The standard InChI is InChI=1S/C18H28N8/c1-19-18(25-9-7-14(13-25)15-10-21-24(2)12-15)20-11-17-23-22-16-6-4-3-5-8-26(16)17/h10,12,14H,3-9,11,13H2,1-2H3,(H,19,20). The molecule has 140 valence electrons. The summed E-state index contributed by atoms with van der Waals surface area (Å²) in [4.78, 5) is 6.82. The largest absolute Gasteiger partial charge is 0.349 e. The van der Waals surface area contributed by atoms with E-state index in [0.717, 1.165) is 50.1 Å². The summed E-state index contributed by atoms with van der Waals surface area (Å²) in [6.45, 7) is 3.69. The number of hydrogen-bond acceptors (Lipinski definition) is 4. The molecular weight excluding hydrogens is 328 g/mol. The first-order valence-electron chi connectivity index (χ1n) is 9.59. The second kappa shape index (κ2) is 7.47. The number of guanidine groups is 1. The fraction of sp³-hybridized carbons (Fsp3) is 0.667. The van der Waals surface area contributed by atoms with E-state index in [1.54, 1.807) is 0 Å². The van der Waals surface area contributed by atoms with Gasteiger partial charge in [0.25, 0.3) is 0 Å². The molecule has 0 aliphatic carbocycles. The first-order valence-corrected chi connectivity index (χ1v) is 9.59. The number of rotatable bonds is 3. The van der Waals surface area contributed by atoms with E-state index < -0.39 is 0 Å². The van der Waals surface area contributed by atoms with Crippen LogP contribution in [0.4, 0.5) is 0 Å². The minimum Gasteiger partial charge on any atom is -0.349 e. The summed E-state index contributed by atoms with van der Waals surface area (Å²) >= 11 is 0. The highest BCUT2D eigenvalue weighted by Gasteiger charge is 2.27. The quantitative estimate of drug-likeness (QED) is 0.663. The van der Waals surface area contributed by atoms with Crippen LogP contribution in [0, 0.1) is 0 Å². The Labute approximate surface area is 154 Å². The lowest BCUT2D eigenvalue weighted by Crippen LogP contribution is -2.40. The van der Waals surface area contributed by atoms with E-state index in [1.165, 1.54) is 24.8 Å². The van der Waals surface area contributed by atoms with Gasteiger partial charge in [0.05, 0.1) is 12.7 Å². The Bertz CT molecular complexity index is 774. The van der Waals surface area contributed by atoms with Gasteiger partial charge >= 0.3 is 0 Å². The SMILES string of the molecule is CN=C(NCc1nnc2n1CCCCC2)N1CCC(c2cnn(C)c2)C1. The lowest BCUT2D eigenvalue weighted by atomic mass is 10.0. The van der Waals surface area contributed by atoms with Gasteiger partial charge in [-0.25, -0.2) is 0 Å². The molecule has 26 heavy (non-hydrogen) atoms. The monoisotopic (exact) mass is 356 g/mol. The molecule has 2 aromatic heterocycles. The molecule has 4 rings (SSSR count). The van der Waals surface area contributed by atoms with Gasteiger partial charge in [0, 0.05) is 52.3 Å². The predicted molar refractivity (Wildman–Crippen MR) is 99.9 cm³/mol. The van der Waals surface area contributed by atoms with Crippen LogP contribution in [0.1, 0.15) is 48.8 Å². The van der Waals surface area contributed by atoms with Crippen LogP contribution in [-0.4, -0.2) is 55.5 Å². The van der Waals surface area contributed by atoms with Crippen molar-refractivity contribution in [2.45, 2.75) is 51.1 Å². The summed E-state index contributed by atoms with van der Waals surface area (Å²) in [7, 11) is 3.82. The minimum atomic E-state index is 0.520. The van der Waals surface area contributed by atoms with Crippen molar-refractivity contribution in [3.63, 3.8) is 0 Å². The number of fused-ring (bicyclic) bond motifs is 1. The van der Waals surface area contributed by atoms with E-state index in [1.807, 2.05) is 25.0 Å². The van der Waals surface area contributed by atoms with E-state index in [0.29, 0.717) is 12.5 Å². The molecule has 0 bridgehead atoms. The first kappa shape index (κ1) is 17.1. The van der Waals surface area contributed by atoms with Gasteiger partial charge in [-0.3, -0.25) is 9.67 Å². The highest BCUT2D eigenvalue weighted by Crippen LogP contribution is 2.26. The molecule has 1 N–H and O–H groups in total. The van der Waals surface area contributed by atoms with Gasteiger partial charge in [0.15, 0.2) is 11.8 Å². The van der Waals surface area contributed by atoms with Crippen molar-refractivity contribution in [2.24, 2.45) is 12.0 Å². The van der Waals surface area contributed by atoms with Crippen LogP contribution in [0.25, 0.3) is 0 Å². The van der Waals surface area contributed by atoms with E-state index in [4.69, 9.17) is 0 Å². The van der Waals surface area contributed by atoms with Crippen LogP contribution in [0.2, 0.25) is 0 Å². The second-order valence-electron chi connectivity index (χ2n) is 7.27. The van der Waals surface area contributed by atoms with Gasteiger partial charge in [-0.2, -0.15) is 5.10 Å². The number of aryl methyl sites for hydroxylation is 2. The Morgan fingerprint density at radius 2 is 2.19 bits per heavy atom. The molecule has 2 aromatic rings. The van der Waals surface area contributed by atoms with Gasteiger partial charge < -0.3 is 14.8 Å². The van der Waals surface area contributed by atoms with Crippen molar-refractivity contribution < 1.29 is 0 Å². The van der Waals surface area contributed by atoms with Crippen LogP contribution in [0.3, 0.4) is 0 Å². The lowest BCUT2D eigenvalue weighted by molar-refractivity contribution is 0.481. The van der Waals surface area contributed by atoms with E-state index >= 15 is 0 Å². The molecular formula is C18H28N8. The smallest absolute Gasteiger partial charge is 0.194 e. The number of likely N-dealkylation sites (tertiary alicyclic amines) is 1. The summed E-state index contributed by atoms with van der Waals surface area (Å²) in [6, 6.07) is 0. The second-order valence-corrected chi connectivity index (χ2v) is 7.27. The molecule has 2 aliphatic heterocycles. The van der Waals surface area contributed by atoms with Crippen LogP contribution >= 0.6 is 0 Å².